The molecular formula is C32H32N2O2. The summed E-state index contributed by atoms with van der Waals surface area (Å²) >= 11 is 0. The number of likely N-dealkylation sites (tertiary alicyclic amines) is 1. The molecule has 0 saturated carbocycles. The lowest BCUT2D eigenvalue weighted by Gasteiger charge is -2.32. The van der Waals surface area contributed by atoms with E-state index >= 15 is 0 Å². The minimum atomic E-state index is -0.0792. The molecule has 4 heteroatoms. The van der Waals surface area contributed by atoms with Gasteiger partial charge in [-0.2, -0.15) is 0 Å². The van der Waals surface area contributed by atoms with Crippen molar-refractivity contribution in [1.82, 2.24) is 10.2 Å². The summed E-state index contributed by atoms with van der Waals surface area (Å²) in [6, 6.07) is 34.4. The maximum absolute atomic E-state index is 13.3. The van der Waals surface area contributed by atoms with Crippen LogP contribution < -0.4 is 5.32 Å². The fourth-order valence-corrected chi connectivity index (χ4v) is 5.18. The Labute approximate surface area is 213 Å². The van der Waals surface area contributed by atoms with E-state index in [1.807, 2.05) is 71.6 Å². The standard InChI is InChI=1S/C32H32N2O2/c35-31(33-30(26-13-5-2-6-14-26)19-18-24-10-3-1-4-11-24)27-20-22-34(23-21-27)32(36)29-17-9-15-25-12-7-8-16-28(25)29/h1-17,27,30H,18-23H2,(H,33,35). The van der Waals surface area contributed by atoms with Gasteiger partial charge in [0.05, 0.1) is 6.04 Å². The van der Waals surface area contributed by atoms with Gasteiger partial charge in [-0.15, -0.1) is 0 Å². The molecule has 4 nitrogen and oxygen atoms in total. The predicted octanol–water partition coefficient (Wildman–Crippen LogP) is 6.18. The van der Waals surface area contributed by atoms with Crippen molar-refractivity contribution in [2.24, 2.45) is 5.92 Å². The Morgan fingerprint density at radius 2 is 1.42 bits per heavy atom. The molecule has 5 rings (SSSR count). The number of nitrogens with one attached hydrogen (secondary N) is 1. The number of hydrogen-bond donors (Lipinski definition) is 1. The summed E-state index contributed by atoms with van der Waals surface area (Å²) in [6.45, 7) is 1.19. The zero-order chi connectivity index (χ0) is 24.7. The third-order valence-electron chi connectivity index (χ3n) is 7.26. The Morgan fingerprint density at radius 3 is 2.17 bits per heavy atom. The van der Waals surface area contributed by atoms with Crippen LogP contribution in [0.5, 0.6) is 0 Å². The average molecular weight is 477 g/mol. The van der Waals surface area contributed by atoms with Gasteiger partial charge in [0.1, 0.15) is 0 Å². The number of nitrogens with zero attached hydrogens (tertiary/aromatic N) is 1. The molecule has 36 heavy (non-hydrogen) atoms. The highest BCUT2D eigenvalue weighted by molar-refractivity contribution is 6.07. The third-order valence-corrected chi connectivity index (χ3v) is 7.26. The van der Waals surface area contributed by atoms with Crippen LogP contribution in [0.2, 0.25) is 0 Å². The van der Waals surface area contributed by atoms with Crippen LogP contribution in [0.1, 0.15) is 46.8 Å². The van der Waals surface area contributed by atoms with Gasteiger partial charge in [0, 0.05) is 24.6 Å². The van der Waals surface area contributed by atoms with Gasteiger partial charge in [0.15, 0.2) is 0 Å². The number of aryl methyl sites for hydroxylation is 1. The highest BCUT2D eigenvalue weighted by Gasteiger charge is 2.29. The molecule has 1 heterocycles. The monoisotopic (exact) mass is 476 g/mol. The lowest BCUT2D eigenvalue weighted by atomic mass is 9.93. The first-order chi connectivity index (χ1) is 17.7. The number of amides is 2. The Balaban J connectivity index is 1.22. The summed E-state index contributed by atoms with van der Waals surface area (Å²) in [5.41, 5.74) is 3.14. The van der Waals surface area contributed by atoms with Crippen molar-refractivity contribution in [3.8, 4) is 0 Å². The molecule has 0 aliphatic carbocycles. The first kappa shape index (κ1) is 23.8. The van der Waals surface area contributed by atoms with Crippen LogP contribution >= 0.6 is 0 Å². The third kappa shape index (κ3) is 5.49. The minimum absolute atomic E-state index is 0.0331. The lowest BCUT2D eigenvalue weighted by molar-refractivity contribution is -0.127. The number of fused-ring (bicyclic) bond motifs is 1. The highest BCUT2D eigenvalue weighted by Crippen LogP contribution is 2.25. The smallest absolute Gasteiger partial charge is 0.254 e. The maximum atomic E-state index is 13.3. The van der Waals surface area contributed by atoms with Crippen LogP contribution in [0, 0.1) is 5.92 Å². The van der Waals surface area contributed by atoms with Crippen molar-refractivity contribution in [2.45, 2.75) is 31.7 Å². The molecule has 1 fully saturated rings. The molecule has 1 atom stereocenters. The Hall–Kier alpha value is -3.92. The van der Waals surface area contributed by atoms with E-state index in [1.165, 1.54) is 5.56 Å². The van der Waals surface area contributed by atoms with Gasteiger partial charge in [0.2, 0.25) is 5.91 Å². The summed E-state index contributed by atoms with van der Waals surface area (Å²) in [6.07, 6.45) is 3.11. The van der Waals surface area contributed by atoms with Crippen molar-refractivity contribution in [1.29, 1.82) is 0 Å². The van der Waals surface area contributed by atoms with Gasteiger partial charge < -0.3 is 10.2 Å². The van der Waals surface area contributed by atoms with Crippen molar-refractivity contribution >= 4 is 22.6 Å². The Bertz CT molecular complexity index is 1310. The van der Waals surface area contributed by atoms with Gasteiger partial charge in [0.25, 0.3) is 5.91 Å². The van der Waals surface area contributed by atoms with Crippen LogP contribution in [0.15, 0.2) is 103 Å². The molecule has 4 aromatic rings. The van der Waals surface area contributed by atoms with Gasteiger partial charge in [-0.25, -0.2) is 0 Å². The molecule has 4 aromatic carbocycles. The first-order valence-corrected chi connectivity index (χ1v) is 12.9. The van der Waals surface area contributed by atoms with Crippen molar-refractivity contribution < 1.29 is 9.59 Å². The minimum Gasteiger partial charge on any atom is -0.349 e. The number of piperidine rings is 1. The molecule has 1 saturated heterocycles. The number of rotatable bonds is 7. The normalized spacial score (nSPS) is 14.9. The number of carbonyl (C=O) groups is 2. The zero-order valence-corrected chi connectivity index (χ0v) is 20.5. The summed E-state index contributed by atoms with van der Waals surface area (Å²) < 4.78 is 0. The van der Waals surface area contributed by atoms with Crippen molar-refractivity contribution in [2.75, 3.05) is 13.1 Å². The van der Waals surface area contributed by atoms with E-state index in [0.29, 0.717) is 25.9 Å². The second-order valence-electron chi connectivity index (χ2n) is 9.59. The summed E-state index contributed by atoms with van der Waals surface area (Å²) in [5, 5.41) is 5.38. The van der Waals surface area contributed by atoms with Gasteiger partial charge in [-0.05, 0) is 53.6 Å². The number of carbonyl (C=O) groups excluding carboxylic acids is 2. The Morgan fingerprint density at radius 1 is 0.778 bits per heavy atom. The molecule has 1 aliphatic rings. The first-order valence-electron chi connectivity index (χ1n) is 12.9. The van der Waals surface area contributed by atoms with Gasteiger partial charge in [-0.3, -0.25) is 9.59 Å². The van der Waals surface area contributed by atoms with E-state index in [9.17, 15) is 9.59 Å². The average Bonchev–Trinajstić information content (AvgIpc) is 2.95. The van der Waals surface area contributed by atoms with E-state index in [-0.39, 0.29) is 23.8 Å². The SMILES string of the molecule is O=C(NC(CCc1ccccc1)c1ccccc1)C1CCN(C(=O)c2cccc3ccccc23)CC1. The van der Waals surface area contributed by atoms with Crippen LogP contribution in [-0.2, 0) is 11.2 Å². The van der Waals surface area contributed by atoms with Gasteiger partial charge >= 0.3 is 0 Å². The molecule has 1 N–H and O–H groups in total. The predicted molar refractivity (Wildman–Crippen MR) is 145 cm³/mol. The summed E-state index contributed by atoms with van der Waals surface area (Å²) in [4.78, 5) is 28.5. The van der Waals surface area contributed by atoms with E-state index in [1.54, 1.807) is 0 Å². The fourth-order valence-electron chi connectivity index (χ4n) is 5.18. The molecule has 1 aliphatic heterocycles. The van der Waals surface area contributed by atoms with Crippen LogP contribution in [0.3, 0.4) is 0 Å². The largest absolute Gasteiger partial charge is 0.349 e. The van der Waals surface area contributed by atoms with Crippen LogP contribution in [0.4, 0.5) is 0 Å². The molecule has 0 aromatic heterocycles. The van der Waals surface area contributed by atoms with E-state index in [4.69, 9.17) is 0 Å². The summed E-state index contributed by atoms with van der Waals surface area (Å²) in [7, 11) is 0. The topological polar surface area (TPSA) is 49.4 Å². The van der Waals surface area contributed by atoms with E-state index < -0.39 is 0 Å². The lowest BCUT2D eigenvalue weighted by Crippen LogP contribution is -2.43. The molecular weight excluding hydrogens is 444 g/mol. The van der Waals surface area contributed by atoms with E-state index in [2.05, 4.69) is 41.7 Å². The van der Waals surface area contributed by atoms with Crippen LogP contribution in [-0.4, -0.2) is 29.8 Å². The zero-order valence-electron chi connectivity index (χ0n) is 20.5. The quantitative estimate of drug-likeness (QED) is 0.346. The second-order valence-corrected chi connectivity index (χ2v) is 9.59. The maximum Gasteiger partial charge on any atom is 0.254 e. The molecule has 2 amide bonds. The van der Waals surface area contributed by atoms with E-state index in [0.717, 1.165) is 34.7 Å². The molecule has 0 radical (unpaired) electrons. The molecule has 182 valence electrons. The van der Waals surface area contributed by atoms with Crippen molar-refractivity contribution in [3.05, 3.63) is 120 Å². The molecule has 0 bridgehead atoms. The van der Waals surface area contributed by atoms with Gasteiger partial charge in [-0.1, -0.05) is 97.1 Å². The molecule has 0 spiro atoms. The highest BCUT2D eigenvalue weighted by atomic mass is 16.2. The second kappa shape index (κ2) is 11.2. The van der Waals surface area contributed by atoms with Crippen molar-refractivity contribution in [3.63, 3.8) is 0 Å². The summed E-state index contributed by atoms with van der Waals surface area (Å²) in [5.74, 6) is 0.0642. The fraction of sp³-hybridized carbons (Fsp3) is 0.250. The Kier molecular flexibility index (Phi) is 7.41. The molecule has 1 unspecified atom stereocenters. The number of hydrogen-bond acceptors (Lipinski definition) is 2. The van der Waals surface area contributed by atoms with Crippen LogP contribution in [0.25, 0.3) is 10.8 Å². The number of benzene rings is 4.